The Morgan fingerprint density at radius 1 is 1.12 bits per heavy atom. The Bertz CT molecular complexity index is 518. The van der Waals surface area contributed by atoms with Crippen LogP contribution in [0.4, 0.5) is 0 Å². The molecular formula is C15H17OS+. The number of hydrogen-bond acceptors (Lipinski definition) is 1. The van der Waals surface area contributed by atoms with E-state index in [1.807, 2.05) is 7.11 Å². The summed E-state index contributed by atoms with van der Waals surface area (Å²) in [5.74, 6) is 1.28. The number of ether oxygens (including phenoxy) is 1. The van der Waals surface area contributed by atoms with Gasteiger partial charge >= 0.3 is 0 Å². The number of hydrogen-bond donors (Lipinski definition) is 0. The van der Waals surface area contributed by atoms with Gasteiger partial charge in [-0.05, 0) is 23.9 Å². The van der Waals surface area contributed by atoms with Gasteiger partial charge < -0.3 is 4.74 Å². The van der Waals surface area contributed by atoms with Crippen molar-refractivity contribution in [1.29, 1.82) is 0 Å². The summed E-state index contributed by atoms with van der Waals surface area (Å²) in [7, 11) is 2.12. The molecule has 1 aliphatic heterocycles. The summed E-state index contributed by atoms with van der Waals surface area (Å²) in [6.07, 6.45) is 2.51. The van der Waals surface area contributed by atoms with E-state index in [2.05, 4.69) is 42.5 Å². The molecule has 2 heteroatoms. The summed E-state index contributed by atoms with van der Waals surface area (Å²) in [5, 5.41) is 2.75. The second-order valence-corrected chi connectivity index (χ2v) is 6.65. The van der Waals surface area contributed by atoms with Crippen LogP contribution < -0.4 is 0 Å². The normalized spacial score (nSPS) is 24.3. The Kier molecular flexibility index (Phi) is 3.08. The molecule has 0 aromatic heterocycles. The van der Waals surface area contributed by atoms with E-state index in [0.29, 0.717) is 5.44 Å². The topological polar surface area (TPSA) is 9.23 Å². The molecule has 1 fully saturated rings. The van der Waals surface area contributed by atoms with Crippen molar-refractivity contribution in [3.05, 3.63) is 42.5 Å². The van der Waals surface area contributed by atoms with Gasteiger partial charge in [-0.3, -0.25) is 0 Å². The summed E-state index contributed by atoms with van der Waals surface area (Å²) < 4.78 is 5.64. The molecule has 0 N–H and O–H groups in total. The lowest BCUT2D eigenvalue weighted by atomic mass is 10.1. The molecule has 0 aliphatic carbocycles. The van der Waals surface area contributed by atoms with Crippen LogP contribution in [-0.2, 0) is 15.6 Å². The zero-order valence-corrected chi connectivity index (χ0v) is 10.9. The summed E-state index contributed by atoms with van der Waals surface area (Å²) in [4.78, 5) is 1.49. The van der Waals surface area contributed by atoms with Gasteiger partial charge in [-0.1, -0.05) is 30.3 Å². The summed E-state index contributed by atoms with van der Waals surface area (Å²) >= 11 is 0. The molecule has 17 heavy (non-hydrogen) atoms. The van der Waals surface area contributed by atoms with E-state index in [-0.39, 0.29) is 10.9 Å². The Labute approximate surface area is 105 Å². The van der Waals surface area contributed by atoms with Crippen molar-refractivity contribution < 1.29 is 4.74 Å². The second-order valence-electron chi connectivity index (χ2n) is 4.42. The molecule has 1 heterocycles. The van der Waals surface area contributed by atoms with Gasteiger partial charge in [-0.15, -0.1) is 0 Å². The van der Waals surface area contributed by atoms with Gasteiger partial charge in [0, 0.05) is 18.9 Å². The molecule has 1 saturated heterocycles. The highest BCUT2D eigenvalue weighted by Crippen LogP contribution is 2.34. The first-order valence-electron chi connectivity index (χ1n) is 6.10. The highest BCUT2D eigenvalue weighted by molar-refractivity contribution is 7.97. The van der Waals surface area contributed by atoms with Crippen LogP contribution in [0.5, 0.6) is 0 Å². The smallest absolute Gasteiger partial charge is 0.223 e. The first-order valence-corrected chi connectivity index (χ1v) is 7.56. The van der Waals surface area contributed by atoms with Crippen LogP contribution in [0.3, 0.4) is 0 Å². The lowest BCUT2D eigenvalue weighted by molar-refractivity contribution is 0.169. The SMILES string of the molecule is COC1CCC[S+]1c1cccc2ccccc12. The van der Waals surface area contributed by atoms with E-state index >= 15 is 0 Å². The molecule has 0 amide bonds. The average Bonchev–Trinajstić information content (AvgIpc) is 2.86. The first kappa shape index (κ1) is 11.1. The minimum atomic E-state index is 0.275. The van der Waals surface area contributed by atoms with Crippen LogP contribution in [-0.4, -0.2) is 18.3 Å². The minimum Gasteiger partial charge on any atom is -0.337 e. The standard InChI is InChI=1S/C15H17OS/c1-16-15-10-5-11-17(15)14-9-4-7-12-6-2-3-8-13(12)14/h2-4,6-9,15H,5,10-11H2,1H3/q+1. The van der Waals surface area contributed by atoms with Crippen molar-refractivity contribution in [3.63, 3.8) is 0 Å². The fourth-order valence-corrected chi connectivity index (χ4v) is 5.24. The van der Waals surface area contributed by atoms with Crippen LogP contribution in [0.1, 0.15) is 12.8 Å². The first-order chi connectivity index (χ1) is 8.40. The fourth-order valence-electron chi connectivity index (χ4n) is 2.59. The van der Waals surface area contributed by atoms with Crippen molar-refractivity contribution >= 4 is 21.7 Å². The van der Waals surface area contributed by atoms with Gasteiger partial charge in [0.1, 0.15) is 5.75 Å². The third-order valence-corrected chi connectivity index (χ3v) is 6.13. The molecule has 2 aromatic rings. The Morgan fingerprint density at radius 2 is 1.94 bits per heavy atom. The van der Waals surface area contributed by atoms with Crippen molar-refractivity contribution in [1.82, 2.24) is 0 Å². The number of rotatable bonds is 2. The van der Waals surface area contributed by atoms with Crippen LogP contribution in [0.25, 0.3) is 10.8 Å². The molecule has 3 rings (SSSR count). The van der Waals surface area contributed by atoms with Crippen LogP contribution in [0.2, 0.25) is 0 Å². The zero-order valence-electron chi connectivity index (χ0n) is 10.1. The van der Waals surface area contributed by atoms with E-state index < -0.39 is 0 Å². The third-order valence-electron chi connectivity index (χ3n) is 3.42. The van der Waals surface area contributed by atoms with E-state index in [0.717, 1.165) is 0 Å². The Hall–Kier alpha value is -0.990. The maximum atomic E-state index is 5.64. The lowest BCUT2D eigenvalue weighted by Crippen LogP contribution is -2.19. The van der Waals surface area contributed by atoms with Crippen LogP contribution in [0.15, 0.2) is 47.4 Å². The molecular weight excluding hydrogens is 228 g/mol. The number of fused-ring (bicyclic) bond motifs is 1. The molecule has 2 aromatic carbocycles. The molecule has 2 atom stereocenters. The van der Waals surface area contributed by atoms with E-state index in [9.17, 15) is 0 Å². The number of benzene rings is 2. The van der Waals surface area contributed by atoms with E-state index in [1.54, 1.807) is 0 Å². The summed E-state index contributed by atoms with van der Waals surface area (Å²) in [6, 6.07) is 15.3. The van der Waals surface area contributed by atoms with Crippen molar-refractivity contribution in [2.75, 3.05) is 12.9 Å². The third kappa shape index (κ3) is 1.96. The molecule has 0 bridgehead atoms. The van der Waals surface area contributed by atoms with Gasteiger partial charge in [-0.2, -0.15) is 0 Å². The highest BCUT2D eigenvalue weighted by atomic mass is 32.2. The monoisotopic (exact) mass is 245 g/mol. The highest BCUT2D eigenvalue weighted by Gasteiger charge is 2.39. The lowest BCUT2D eigenvalue weighted by Gasteiger charge is -2.11. The molecule has 88 valence electrons. The molecule has 2 unspecified atom stereocenters. The van der Waals surface area contributed by atoms with Gasteiger partial charge in [0.15, 0.2) is 4.90 Å². The van der Waals surface area contributed by atoms with Crippen molar-refractivity contribution in [2.45, 2.75) is 23.2 Å². The van der Waals surface area contributed by atoms with E-state index in [1.165, 1.54) is 34.3 Å². The Morgan fingerprint density at radius 3 is 2.82 bits per heavy atom. The molecule has 1 nitrogen and oxygen atoms in total. The van der Waals surface area contributed by atoms with Crippen LogP contribution >= 0.6 is 0 Å². The summed E-state index contributed by atoms with van der Waals surface area (Å²) in [5.41, 5.74) is 0.431. The quantitative estimate of drug-likeness (QED) is 0.735. The van der Waals surface area contributed by atoms with Crippen molar-refractivity contribution in [3.8, 4) is 0 Å². The Balaban J connectivity index is 2.10. The largest absolute Gasteiger partial charge is 0.337 e. The zero-order chi connectivity index (χ0) is 11.7. The maximum Gasteiger partial charge on any atom is 0.223 e. The van der Waals surface area contributed by atoms with Gasteiger partial charge in [0.2, 0.25) is 5.44 Å². The van der Waals surface area contributed by atoms with Crippen molar-refractivity contribution in [2.24, 2.45) is 0 Å². The van der Waals surface area contributed by atoms with E-state index in [4.69, 9.17) is 4.74 Å². The average molecular weight is 245 g/mol. The predicted octanol–water partition coefficient (Wildman–Crippen LogP) is 3.58. The number of methoxy groups -OCH3 is 1. The minimum absolute atomic E-state index is 0.275. The molecule has 0 saturated carbocycles. The van der Waals surface area contributed by atoms with Gasteiger partial charge in [0.05, 0.1) is 10.9 Å². The maximum absolute atomic E-state index is 5.64. The predicted molar refractivity (Wildman–Crippen MR) is 74.5 cm³/mol. The van der Waals surface area contributed by atoms with Gasteiger partial charge in [-0.25, -0.2) is 0 Å². The molecule has 1 aliphatic rings. The second kappa shape index (κ2) is 4.71. The van der Waals surface area contributed by atoms with Crippen LogP contribution in [0, 0.1) is 0 Å². The fraction of sp³-hybridized carbons (Fsp3) is 0.333. The van der Waals surface area contributed by atoms with Gasteiger partial charge in [0.25, 0.3) is 0 Å². The summed E-state index contributed by atoms with van der Waals surface area (Å²) in [6.45, 7) is 0. The molecule has 0 spiro atoms. The molecule has 0 radical (unpaired) electrons.